The van der Waals surface area contributed by atoms with E-state index in [0.29, 0.717) is 11.3 Å². The van der Waals surface area contributed by atoms with Crippen molar-refractivity contribution in [3.8, 4) is 0 Å². The van der Waals surface area contributed by atoms with Crippen molar-refractivity contribution >= 4 is 11.7 Å². The molecule has 3 atom stereocenters. The number of amides is 1. The second kappa shape index (κ2) is 5.22. The van der Waals surface area contributed by atoms with Gasteiger partial charge in [0, 0.05) is 7.05 Å². The van der Waals surface area contributed by atoms with Gasteiger partial charge in [0.2, 0.25) is 0 Å². The fourth-order valence-electron chi connectivity index (χ4n) is 4.10. The molecule has 1 fully saturated rings. The Hall–Kier alpha value is -2.10. The molecule has 23 heavy (non-hydrogen) atoms. The van der Waals surface area contributed by atoms with Crippen LogP contribution in [0.2, 0.25) is 0 Å². The second-order valence-electron chi connectivity index (χ2n) is 6.88. The minimum Gasteiger partial charge on any atom is -0.483 e. The van der Waals surface area contributed by atoms with E-state index in [-0.39, 0.29) is 29.8 Å². The molecule has 0 aromatic heterocycles. The molecule has 1 amide bonds. The van der Waals surface area contributed by atoms with Gasteiger partial charge in [0.15, 0.2) is 11.5 Å². The molecule has 3 aliphatic rings. The number of ether oxygens (including phenoxy) is 1. The molecular weight excluding hydrogens is 290 g/mol. The molecule has 0 spiro atoms. The summed E-state index contributed by atoms with van der Waals surface area (Å²) in [6, 6.07) is 7.72. The van der Waals surface area contributed by atoms with Crippen molar-refractivity contribution < 1.29 is 14.3 Å². The maximum absolute atomic E-state index is 13.1. The topological polar surface area (TPSA) is 46.6 Å². The highest BCUT2D eigenvalue weighted by molar-refractivity contribution is 6.11. The van der Waals surface area contributed by atoms with Crippen molar-refractivity contribution in [3.63, 3.8) is 0 Å². The average molecular weight is 311 g/mol. The first-order chi connectivity index (χ1) is 11.1. The maximum Gasteiger partial charge on any atom is 0.289 e. The van der Waals surface area contributed by atoms with Gasteiger partial charge in [0.25, 0.3) is 5.91 Å². The first-order valence-electron chi connectivity index (χ1n) is 8.36. The van der Waals surface area contributed by atoms with Gasteiger partial charge >= 0.3 is 0 Å². The van der Waals surface area contributed by atoms with Crippen molar-refractivity contribution in [1.29, 1.82) is 0 Å². The summed E-state index contributed by atoms with van der Waals surface area (Å²) in [6.07, 6.45) is 3.78. The lowest BCUT2D eigenvalue weighted by Gasteiger charge is -2.35. The first kappa shape index (κ1) is 14.5. The Morgan fingerprint density at radius 1 is 1.09 bits per heavy atom. The molecule has 2 aliphatic heterocycles. The third-order valence-electron chi connectivity index (χ3n) is 5.39. The fraction of sp³-hybridized carbons (Fsp3) is 0.474. The number of hydrogen-bond acceptors (Lipinski definition) is 3. The molecule has 4 nitrogen and oxygen atoms in total. The minimum absolute atomic E-state index is 0.0743. The van der Waals surface area contributed by atoms with Crippen LogP contribution in [0, 0.1) is 12.8 Å². The van der Waals surface area contributed by atoms with Crippen LogP contribution in [0.25, 0.3) is 0 Å². The van der Waals surface area contributed by atoms with Crippen molar-refractivity contribution in [2.45, 2.75) is 44.8 Å². The Morgan fingerprint density at radius 2 is 1.78 bits per heavy atom. The van der Waals surface area contributed by atoms with Crippen LogP contribution in [0.5, 0.6) is 0 Å². The van der Waals surface area contributed by atoms with E-state index >= 15 is 0 Å². The summed E-state index contributed by atoms with van der Waals surface area (Å²) in [5, 5.41) is 0. The maximum atomic E-state index is 13.1. The van der Waals surface area contributed by atoms with Crippen LogP contribution in [0.15, 0.2) is 35.6 Å². The van der Waals surface area contributed by atoms with Gasteiger partial charge in [-0.15, -0.1) is 0 Å². The van der Waals surface area contributed by atoms with Crippen LogP contribution in [0.1, 0.15) is 42.9 Å². The molecule has 120 valence electrons. The second-order valence-corrected chi connectivity index (χ2v) is 6.88. The standard InChI is InChI=1S/C19H21NO3/c1-11-7-9-12(10-8-11)16-15-17(21)13-5-3-4-6-14(13)23-18(15)19(22)20(16)2/h7-10,13-14,16H,3-6H2,1-2H3. The summed E-state index contributed by atoms with van der Waals surface area (Å²) in [7, 11) is 1.76. The van der Waals surface area contributed by atoms with Crippen LogP contribution in [0.4, 0.5) is 0 Å². The Kier molecular flexibility index (Phi) is 3.29. The van der Waals surface area contributed by atoms with E-state index in [1.54, 1.807) is 11.9 Å². The lowest BCUT2D eigenvalue weighted by molar-refractivity contribution is -0.134. The monoisotopic (exact) mass is 311 g/mol. The van der Waals surface area contributed by atoms with Crippen molar-refractivity contribution in [2.75, 3.05) is 7.05 Å². The van der Waals surface area contributed by atoms with Gasteiger partial charge in [-0.2, -0.15) is 0 Å². The number of benzene rings is 1. The highest BCUT2D eigenvalue weighted by Crippen LogP contribution is 2.45. The van der Waals surface area contributed by atoms with E-state index in [0.717, 1.165) is 36.8 Å². The molecule has 4 rings (SSSR count). The molecule has 0 N–H and O–H groups in total. The fourth-order valence-corrected chi connectivity index (χ4v) is 4.10. The van der Waals surface area contributed by atoms with Crippen molar-refractivity contribution in [3.05, 3.63) is 46.7 Å². The van der Waals surface area contributed by atoms with Crippen LogP contribution >= 0.6 is 0 Å². The number of rotatable bonds is 1. The number of fused-ring (bicyclic) bond motifs is 1. The van der Waals surface area contributed by atoms with Gasteiger partial charge in [-0.05, 0) is 31.7 Å². The molecule has 0 saturated heterocycles. The molecule has 4 heteroatoms. The highest BCUT2D eigenvalue weighted by Gasteiger charge is 2.50. The number of Topliss-reactive ketones (excluding diaryl/α,β-unsaturated/α-hetero) is 1. The Morgan fingerprint density at radius 3 is 2.52 bits per heavy atom. The lowest BCUT2D eigenvalue weighted by atomic mass is 9.77. The van der Waals surface area contributed by atoms with Crippen LogP contribution < -0.4 is 0 Å². The van der Waals surface area contributed by atoms with E-state index in [9.17, 15) is 9.59 Å². The number of nitrogens with zero attached hydrogens (tertiary/aromatic N) is 1. The molecule has 1 aliphatic carbocycles. The summed E-state index contributed by atoms with van der Waals surface area (Å²) in [5.41, 5.74) is 2.71. The molecule has 1 saturated carbocycles. The summed E-state index contributed by atoms with van der Waals surface area (Å²) < 4.78 is 6.01. The van der Waals surface area contributed by atoms with E-state index < -0.39 is 0 Å². The van der Waals surface area contributed by atoms with Crippen LogP contribution in [-0.4, -0.2) is 29.7 Å². The predicted octanol–water partition coefficient (Wildman–Crippen LogP) is 2.92. The Bertz CT molecular complexity index is 704. The molecule has 2 heterocycles. The summed E-state index contributed by atoms with van der Waals surface area (Å²) in [4.78, 5) is 27.3. The SMILES string of the molecule is Cc1ccc(C2C3=C(OC4CCCCC4C3=O)C(=O)N2C)cc1. The van der Waals surface area contributed by atoms with E-state index in [1.807, 2.05) is 31.2 Å². The molecule has 1 aromatic rings. The molecule has 0 radical (unpaired) electrons. The molecular formula is C19H21NO3. The average Bonchev–Trinajstić information content (AvgIpc) is 2.81. The van der Waals surface area contributed by atoms with Crippen molar-refractivity contribution in [1.82, 2.24) is 4.90 Å². The third-order valence-corrected chi connectivity index (χ3v) is 5.39. The summed E-state index contributed by atoms with van der Waals surface area (Å²) >= 11 is 0. The van der Waals surface area contributed by atoms with Crippen LogP contribution in [0.3, 0.4) is 0 Å². The zero-order valence-corrected chi connectivity index (χ0v) is 13.5. The van der Waals surface area contributed by atoms with Gasteiger partial charge in [-0.3, -0.25) is 9.59 Å². The van der Waals surface area contributed by atoms with E-state index in [2.05, 4.69) is 0 Å². The number of ketones is 1. The van der Waals surface area contributed by atoms with Gasteiger partial charge in [0.05, 0.1) is 17.5 Å². The number of hydrogen-bond donors (Lipinski definition) is 0. The zero-order chi connectivity index (χ0) is 16.1. The zero-order valence-electron chi connectivity index (χ0n) is 13.5. The van der Waals surface area contributed by atoms with Crippen molar-refractivity contribution in [2.24, 2.45) is 5.92 Å². The Balaban J connectivity index is 1.78. The van der Waals surface area contributed by atoms with Crippen LogP contribution in [-0.2, 0) is 14.3 Å². The molecule has 3 unspecified atom stereocenters. The van der Waals surface area contributed by atoms with E-state index in [4.69, 9.17) is 4.74 Å². The number of aryl methyl sites for hydroxylation is 1. The molecule has 1 aromatic carbocycles. The van der Waals surface area contributed by atoms with Gasteiger partial charge < -0.3 is 9.64 Å². The smallest absolute Gasteiger partial charge is 0.289 e. The van der Waals surface area contributed by atoms with Gasteiger partial charge in [0.1, 0.15) is 6.10 Å². The predicted molar refractivity (Wildman–Crippen MR) is 85.6 cm³/mol. The first-order valence-corrected chi connectivity index (χ1v) is 8.36. The quantitative estimate of drug-likeness (QED) is 0.801. The Labute approximate surface area is 136 Å². The van der Waals surface area contributed by atoms with Gasteiger partial charge in [-0.1, -0.05) is 36.2 Å². The highest BCUT2D eigenvalue weighted by atomic mass is 16.5. The van der Waals surface area contributed by atoms with Gasteiger partial charge in [-0.25, -0.2) is 0 Å². The summed E-state index contributed by atoms with van der Waals surface area (Å²) in [6.45, 7) is 2.03. The number of likely N-dealkylation sites (N-methyl/N-ethyl adjacent to an activating group) is 1. The third kappa shape index (κ3) is 2.12. The minimum atomic E-state index is -0.312. The lowest BCUT2D eigenvalue weighted by Crippen LogP contribution is -2.39. The summed E-state index contributed by atoms with van der Waals surface area (Å²) in [5.74, 6) is 0.183. The normalized spacial score (nSPS) is 30.2. The number of carbonyl (C=O) groups is 2. The molecule has 0 bridgehead atoms. The number of carbonyl (C=O) groups excluding carboxylic acids is 2. The van der Waals surface area contributed by atoms with E-state index in [1.165, 1.54) is 0 Å². The largest absolute Gasteiger partial charge is 0.483 e.